The van der Waals surface area contributed by atoms with Crippen molar-refractivity contribution in [3.63, 3.8) is 0 Å². The van der Waals surface area contributed by atoms with Gasteiger partial charge in [-0.15, -0.1) is 11.6 Å². The van der Waals surface area contributed by atoms with Gasteiger partial charge in [0.05, 0.1) is 11.1 Å². The van der Waals surface area contributed by atoms with Gasteiger partial charge in [-0.2, -0.15) is 0 Å². The highest BCUT2D eigenvalue weighted by Crippen LogP contribution is 2.23. The van der Waals surface area contributed by atoms with Crippen molar-refractivity contribution in [1.29, 1.82) is 0 Å². The second kappa shape index (κ2) is 6.44. The average Bonchev–Trinajstić information content (AvgIpc) is 2.45. The van der Waals surface area contributed by atoms with E-state index in [0.717, 1.165) is 17.3 Å². The molecule has 112 valence electrons. The molecular weight excluding hydrogens is 284 g/mol. The molecule has 1 unspecified atom stereocenters. The maximum atomic E-state index is 12.6. The molecule has 4 heteroatoms. The number of halogens is 1. The Morgan fingerprint density at radius 2 is 2.00 bits per heavy atom. The summed E-state index contributed by atoms with van der Waals surface area (Å²) >= 11 is 5.86. The number of aromatic nitrogens is 1. The molecule has 1 amide bonds. The molecule has 0 radical (unpaired) electrons. The number of benzene rings is 1. The van der Waals surface area contributed by atoms with Crippen molar-refractivity contribution in [2.45, 2.75) is 33.2 Å². The van der Waals surface area contributed by atoms with E-state index in [-0.39, 0.29) is 17.4 Å². The van der Waals surface area contributed by atoms with Gasteiger partial charge in [0.25, 0.3) is 5.91 Å². The third kappa shape index (κ3) is 3.73. The summed E-state index contributed by atoms with van der Waals surface area (Å²) in [6.07, 6.45) is 2.45. The van der Waals surface area contributed by atoms with Gasteiger partial charge in [0, 0.05) is 23.5 Å². The molecule has 21 heavy (non-hydrogen) atoms. The molecule has 0 aliphatic heterocycles. The lowest BCUT2D eigenvalue weighted by Crippen LogP contribution is -2.44. The Balaban J connectivity index is 2.30. The van der Waals surface area contributed by atoms with Crippen molar-refractivity contribution < 1.29 is 4.79 Å². The first-order chi connectivity index (χ1) is 9.93. The number of amides is 1. The average molecular weight is 305 g/mol. The first-order valence-electron chi connectivity index (χ1n) is 7.14. The number of pyridine rings is 1. The van der Waals surface area contributed by atoms with Gasteiger partial charge in [-0.25, -0.2) is 0 Å². The third-order valence-electron chi connectivity index (χ3n) is 3.63. The van der Waals surface area contributed by atoms with Crippen LogP contribution in [0.4, 0.5) is 0 Å². The lowest BCUT2D eigenvalue weighted by Gasteiger charge is -2.31. The van der Waals surface area contributed by atoms with Crippen LogP contribution in [0.5, 0.6) is 0 Å². The summed E-state index contributed by atoms with van der Waals surface area (Å²) in [7, 11) is 0. The van der Waals surface area contributed by atoms with Gasteiger partial charge >= 0.3 is 0 Å². The predicted molar refractivity (Wildman–Crippen MR) is 87.8 cm³/mol. The molecular formula is C17H21ClN2O. The number of hydrogen-bond acceptors (Lipinski definition) is 2. The summed E-state index contributed by atoms with van der Waals surface area (Å²) in [5.74, 6) is 0.431. The Hall–Kier alpha value is -1.61. The summed E-state index contributed by atoms with van der Waals surface area (Å²) < 4.78 is 0. The van der Waals surface area contributed by atoms with E-state index in [0.29, 0.717) is 11.4 Å². The molecule has 2 aromatic rings. The van der Waals surface area contributed by atoms with Crippen LogP contribution in [0.15, 0.2) is 36.5 Å². The molecule has 1 N–H and O–H groups in total. The van der Waals surface area contributed by atoms with E-state index >= 15 is 0 Å². The topological polar surface area (TPSA) is 42.0 Å². The van der Waals surface area contributed by atoms with Crippen LogP contribution < -0.4 is 5.32 Å². The number of nitrogens with one attached hydrogen (secondary N) is 1. The van der Waals surface area contributed by atoms with Gasteiger partial charge in [0.2, 0.25) is 0 Å². The lowest BCUT2D eigenvalue weighted by atomic mass is 9.85. The number of rotatable bonds is 4. The van der Waals surface area contributed by atoms with Gasteiger partial charge in [0.15, 0.2) is 0 Å². The second-order valence-corrected chi connectivity index (χ2v) is 6.63. The van der Waals surface area contributed by atoms with E-state index in [1.807, 2.05) is 30.3 Å². The summed E-state index contributed by atoms with van der Waals surface area (Å²) in [6, 6.07) is 9.51. The monoisotopic (exact) mass is 304 g/mol. The summed E-state index contributed by atoms with van der Waals surface area (Å²) in [5, 5.41) is 4.07. The molecule has 1 atom stereocenters. The standard InChI is InChI=1S/C17H21ClN2O/c1-17(2,3)14(9-10-18)20-16(21)13-8-4-6-12-7-5-11-19-15(12)13/h4-8,11,14H,9-10H2,1-3H3,(H,20,21). The van der Waals surface area contributed by atoms with Crippen molar-refractivity contribution in [3.05, 3.63) is 42.1 Å². The molecule has 2 rings (SSSR count). The highest BCUT2D eigenvalue weighted by atomic mass is 35.5. The van der Waals surface area contributed by atoms with Gasteiger partial charge in [0.1, 0.15) is 0 Å². The Morgan fingerprint density at radius 1 is 1.29 bits per heavy atom. The van der Waals surface area contributed by atoms with Gasteiger partial charge in [-0.1, -0.05) is 39.0 Å². The van der Waals surface area contributed by atoms with Crippen molar-refractivity contribution in [2.24, 2.45) is 5.41 Å². The lowest BCUT2D eigenvalue weighted by molar-refractivity contribution is 0.0902. The fraction of sp³-hybridized carbons (Fsp3) is 0.412. The molecule has 0 aliphatic rings. The maximum absolute atomic E-state index is 12.6. The first kappa shape index (κ1) is 15.8. The number of carbonyl (C=O) groups excluding carboxylic acids is 1. The second-order valence-electron chi connectivity index (χ2n) is 6.25. The number of alkyl halides is 1. The van der Waals surface area contributed by atoms with E-state index in [9.17, 15) is 4.79 Å². The van der Waals surface area contributed by atoms with Crippen molar-refractivity contribution in [3.8, 4) is 0 Å². The number of nitrogens with zero attached hydrogens (tertiary/aromatic N) is 1. The smallest absolute Gasteiger partial charge is 0.253 e. The Morgan fingerprint density at radius 3 is 2.67 bits per heavy atom. The van der Waals surface area contributed by atoms with E-state index in [1.54, 1.807) is 6.20 Å². The molecule has 0 bridgehead atoms. The molecule has 0 saturated heterocycles. The van der Waals surface area contributed by atoms with E-state index in [2.05, 4.69) is 31.1 Å². The maximum Gasteiger partial charge on any atom is 0.253 e. The first-order valence-corrected chi connectivity index (χ1v) is 7.67. The minimum Gasteiger partial charge on any atom is -0.349 e. The summed E-state index contributed by atoms with van der Waals surface area (Å²) in [4.78, 5) is 16.9. The zero-order valence-electron chi connectivity index (χ0n) is 12.7. The Labute approximate surface area is 130 Å². The molecule has 3 nitrogen and oxygen atoms in total. The van der Waals surface area contributed by atoms with Crippen molar-refractivity contribution in [1.82, 2.24) is 10.3 Å². The number of fused-ring (bicyclic) bond motifs is 1. The molecule has 1 heterocycles. The third-order valence-corrected chi connectivity index (χ3v) is 3.84. The number of para-hydroxylation sites is 1. The molecule has 0 spiro atoms. The van der Waals surface area contributed by atoms with Crippen molar-refractivity contribution >= 4 is 28.4 Å². The quantitative estimate of drug-likeness (QED) is 0.867. The van der Waals surface area contributed by atoms with Crippen LogP contribution in [0.25, 0.3) is 10.9 Å². The van der Waals surface area contributed by atoms with Crippen LogP contribution in [-0.4, -0.2) is 22.8 Å². The Kier molecular flexibility index (Phi) is 4.84. The normalized spacial score (nSPS) is 13.1. The predicted octanol–water partition coefficient (Wildman–Crippen LogP) is 4.01. The van der Waals surface area contributed by atoms with E-state index < -0.39 is 0 Å². The van der Waals surface area contributed by atoms with E-state index in [1.165, 1.54) is 0 Å². The fourth-order valence-corrected chi connectivity index (χ4v) is 2.57. The molecule has 1 aromatic heterocycles. The summed E-state index contributed by atoms with van der Waals surface area (Å²) in [5.41, 5.74) is 1.30. The van der Waals surface area contributed by atoms with Gasteiger partial charge in [-0.05, 0) is 24.0 Å². The molecule has 0 fully saturated rings. The van der Waals surface area contributed by atoms with Gasteiger partial charge < -0.3 is 5.32 Å². The minimum atomic E-state index is -0.0932. The van der Waals surface area contributed by atoms with Crippen LogP contribution in [0.1, 0.15) is 37.6 Å². The van der Waals surface area contributed by atoms with Crippen LogP contribution in [0, 0.1) is 5.41 Å². The van der Waals surface area contributed by atoms with Crippen LogP contribution in [0.3, 0.4) is 0 Å². The van der Waals surface area contributed by atoms with Crippen LogP contribution in [-0.2, 0) is 0 Å². The van der Waals surface area contributed by atoms with E-state index in [4.69, 9.17) is 11.6 Å². The van der Waals surface area contributed by atoms with Crippen LogP contribution in [0.2, 0.25) is 0 Å². The number of hydrogen-bond donors (Lipinski definition) is 1. The zero-order valence-corrected chi connectivity index (χ0v) is 13.4. The number of carbonyl (C=O) groups is 1. The zero-order chi connectivity index (χ0) is 15.5. The minimum absolute atomic E-state index is 0.0291. The fourth-order valence-electron chi connectivity index (χ4n) is 2.35. The molecule has 0 aliphatic carbocycles. The largest absolute Gasteiger partial charge is 0.349 e. The SMILES string of the molecule is CC(C)(C)C(CCCl)NC(=O)c1cccc2cccnc12. The highest BCUT2D eigenvalue weighted by Gasteiger charge is 2.26. The molecule has 0 saturated carbocycles. The van der Waals surface area contributed by atoms with Crippen LogP contribution >= 0.6 is 11.6 Å². The Bertz CT molecular complexity index is 629. The van der Waals surface area contributed by atoms with Gasteiger partial charge in [-0.3, -0.25) is 9.78 Å². The van der Waals surface area contributed by atoms with Crippen molar-refractivity contribution in [2.75, 3.05) is 5.88 Å². The highest BCUT2D eigenvalue weighted by molar-refractivity contribution is 6.17. The summed E-state index contributed by atoms with van der Waals surface area (Å²) in [6.45, 7) is 6.31. The molecule has 1 aromatic carbocycles.